The molecule has 1 amide bonds. The summed E-state index contributed by atoms with van der Waals surface area (Å²) in [5.74, 6) is -0.366. The minimum absolute atomic E-state index is 0.0538. The van der Waals surface area contributed by atoms with Crippen LogP contribution in [0.2, 0.25) is 0 Å². The van der Waals surface area contributed by atoms with Gasteiger partial charge in [0, 0.05) is 11.5 Å². The molecule has 1 aromatic heterocycles. The van der Waals surface area contributed by atoms with Crippen LogP contribution in [0.25, 0.3) is 10.8 Å². The van der Waals surface area contributed by atoms with Crippen molar-refractivity contribution in [1.82, 2.24) is 10.2 Å². The number of hydrogen-bond acceptors (Lipinski definition) is 7. The number of carbonyl (C=O) groups is 2. The van der Waals surface area contributed by atoms with Crippen molar-refractivity contribution in [2.75, 3.05) is 26.1 Å². The van der Waals surface area contributed by atoms with Gasteiger partial charge in [-0.25, -0.2) is 9.89 Å². The number of ether oxygens (including phenoxy) is 3. The number of amides is 1. The van der Waals surface area contributed by atoms with Gasteiger partial charge in [-0.3, -0.25) is 9.59 Å². The largest absolute Gasteiger partial charge is 0.495 e. The Bertz CT molecular complexity index is 1090. The molecule has 144 valence electrons. The number of rotatable bonds is 6. The Morgan fingerprint density at radius 3 is 2.57 bits per heavy atom. The number of nitrogens with one attached hydrogen (secondary N) is 2. The molecule has 28 heavy (non-hydrogen) atoms. The van der Waals surface area contributed by atoms with Gasteiger partial charge in [-0.15, -0.1) is 0 Å². The first-order chi connectivity index (χ1) is 13.5. The number of nitrogens with zero attached hydrogens (tertiary/aromatic N) is 1. The van der Waals surface area contributed by atoms with E-state index in [0.29, 0.717) is 28.0 Å². The molecule has 0 aliphatic rings. The number of anilines is 1. The van der Waals surface area contributed by atoms with Crippen LogP contribution in [0.3, 0.4) is 0 Å². The highest BCUT2D eigenvalue weighted by atomic mass is 16.6. The van der Waals surface area contributed by atoms with E-state index in [2.05, 4.69) is 20.3 Å². The number of carbonyl (C=O) groups excluding carboxylic acids is 2. The van der Waals surface area contributed by atoms with Crippen molar-refractivity contribution < 1.29 is 23.8 Å². The van der Waals surface area contributed by atoms with E-state index in [4.69, 9.17) is 9.47 Å². The van der Waals surface area contributed by atoms with E-state index in [1.54, 1.807) is 36.4 Å². The second-order valence-corrected chi connectivity index (χ2v) is 5.63. The first-order valence-electron chi connectivity index (χ1n) is 8.20. The van der Waals surface area contributed by atoms with Gasteiger partial charge in [0.15, 0.2) is 12.3 Å². The Kier molecular flexibility index (Phi) is 5.54. The molecule has 0 aliphatic heterocycles. The highest BCUT2D eigenvalue weighted by Gasteiger charge is 2.16. The second kappa shape index (κ2) is 8.21. The number of methoxy groups -OCH3 is 2. The van der Waals surface area contributed by atoms with Gasteiger partial charge in [-0.05, 0) is 18.2 Å². The van der Waals surface area contributed by atoms with E-state index in [1.165, 1.54) is 20.3 Å². The highest BCUT2D eigenvalue weighted by molar-refractivity contribution is 6.11. The molecule has 0 saturated heterocycles. The standard InChI is InChI=1S/C19H17N3O6/c1-26-15-8-7-11(28-10-16(23)27-2)9-14(15)20-19(25)17-12-5-3-4-6-13(12)18(24)22-21-17/h3-9H,10H2,1-2H3,(H,20,25)(H,22,24). The summed E-state index contributed by atoms with van der Waals surface area (Å²) in [6.07, 6.45) is 0. The molecule has 0 spiro atoms. The van der Waals surface area contributed by atoms with Crippen molar-refractivity contribution in [3.8, 4) is 11.5 Å². The molecule has 0 aliphatic carbocycles. The number of esters is 1. The molecular weight excluding hydrogens is 366 g/mol. The number of H-pyrrole nitrogens is 1. The molecule has 3 aromatic rings. The zero-order chi connectivity index (χ0) is 20.1. The maximum Gasteiger partial charge on any atom is 0.343 e. The Labute approximate surface area is 159 Å². The van der Waals surface area contributed by atoms with Gasteiger partial charge in [0.05, 0.1) is 25.3 Å². The first-order valence-corrected chi connectivity index (χ1v) is 8.20. The van der Waals surface area contributed by atoms with Crippen molar-refractivity contribution in [2.24, 2.45) is 0 Å². The predicted molar refractivity (Wildman–Crippen MR) is 101 cm³/mol. The summed E-state index contributed by atoms with van der Waals surface area (Å²) in [5.41, 5.74) is -0.0204. The smallest absolute Gasteiger partial charge is 0.343 e. The zero-order valence-electron chi connectivity index (χ0n) is 15.1. The average molecular weight is 383 g/mol. The van der Waals surface area contributed by atoms with Crippen LogP contribution < -0.4 is 20.3 Å². The maximum atomic E-state index is 12.8. The van der Waals surface area contributed by atoms with E-state index < -0.39 is 11.9 Å². The average Bonchev–Trinajstić information content (AvgIpc) is 2.72. The number of benzene rings is 2. The Morgan fingerprint density at radius 2 is 1.86 bits per heavy atom. The van der Waals surface area contributed by atoms with Gasteiger partial charge in [-0.2, -0.15) is 5.10 Å². The molecule has 0 saturated carbocycles. The van der Waals surface area contributed by atoms with E-state index >= 15 is 0 Å². The SMILES string of the molecule is COC(=O)COc1ccc(OC)c(NC(=O)c2n[nH]c(=O)c3ccccc23)c1. The van der Waals surface area contributed by atoms with Crippen molar-refractivity contribution in [2.45, 2.75) is 0 Å². The molecule has 9 heteroatoms. The third-order valence-corrected chi connectivity index (χ3v) is 3.91. The molecule has 3 rings (SSSR count). The third-order valence-electron chi connectivity index (χ3n) is 3.91. The lowest BCUT2D eigenvalue weighted by Gasteiger charge is -2.13. The summed E-state index contributed by atoms with van der Waals surface area (Å²) >= 11 is 0. The lowest BCUT2D eigenvalue weighted by molar-refractivity contribution is -0.142. The highest BCUT2D eigenvalue weighted by Crippen LogP contribution is 2.29. The summed E-state index contributed by atoms with van der Waals surface area (Å²) < 4.78 is 15.1. The van der Waals surface area contributed by atoms with Crippen LogP contribution in [0.1, 0.15) is 10.5 Å². The van der Waals surface area contributed by atoms with Crippen LogP contribution in [0.15, 0.2) is 47.3 Å². The molecular formula is C19H17N3O6. The summed E-state index contributed by atoms with van der Waals surface area (Å²) in [6.45, 7) is -0.275. The van der Waals surface area contributed by atoms with Gasteiger partial charge in [0.2, 0.25) is 0 Å². The fourth-order valence-electron chi connectivity index (χ4n) is 2.55. The molecule has 0 radical (unpaired) electrons. The minimum atomic E-state index is -0.545. The zero-order valence-corrected chi connectivity index (χ0v) is 15.1. The lowest BCUT2D eigenvalue weighted by Crippen LogP contribution is -2.19. The molecule has 2 aromatic carbocycles. The van der Waals surface area contributed by atoms with Crippen LogP contribution in [0.4, 0.5) is 5.69 Å². The maximum absolute atomic E-state index is 12.8. The predicted octanol–water partition coefficient (Wildman–Crippen LogP) is 1.74. The molecule has 0 unspecified atom stereocenters. The van der Waals surface area contributed by atoms with Crippen molar-refractivity contribution in [1.29, 1.82) is 0 Å². The number of aromatic nitrogens is 2. The summed E-state index contributed by atoms with van der Waals surface area (Å²) in [6, 6.07) is 11.3. The van der Waals surface area contributed by atoms with Crippen molar-refractivity contribution >= 4 is 28.3 Å². The Hall–Kier alpha value is -3.88. The van der Waals surface area contributed by atoms with Gasteiger partial charge in [0.25, 0.3) is 11.5 Å². The number of aromatic amines is 1. The van der Waals surface area contributed by atoms with E-state index in [9.17, 15) is 14.4 Å². The van der Waals surface area contributed by atoms with E-state index in [-0.39, 0.29) is 17.9 Å². The van der Waals surface area contributed by atoms with Crippen LogP contribution in [0, 0.1) is 0 Å². The monoisotopic (exact) mass is 383 g/mol. The molecule has 1 heterocycles. The van der Waals surface area contributed by atoms with Gasteiger partial charge >= 0.3 is 5.97 Å². The first kappa shape index (κ1) is 18.9. The minimum Gasteiger partial charge on any atom is -0.495 e. The normalized spacial score (nSPS) is 10.4. The van der Waals surface area contributed by atoms with Crippen molar-refractivity contribution in [3.05, 3.63) is 58.5 Å². The molecule has 9 nitrogen and oxygen atoms in total. The third kappa shape index (κ3) is 3.93. The van der Waals surface area contributed by atoms with E-state index in [0.717, 1.165) is 0 Å². The Balaban J connectivity index is 1.90. The van der Waals surface area contributed by atoms with Crippen LogP contribution >= 0.6 is 0 Å². The lowest BCUT2D eigenvalue weighted by atomic mass is 10.1. The summed E-state index contributed by atoms with van der Waals surface area (Å²) in [7, 11) is 2.71. The van der Waals surface area contributed by atoms with Gasteiger partial charge in [0.1, 0.15) is 11.5 Å². The fraction of sp³-hybridized carbons (Fsp3) is 0.158. The topological polar surface area (TPSA) is 120 Å². The van der Waals surface area contributed by atoms with Gasteiger partial charge in [-0.1, -0.05) is 18.2 Å². The summed E-state index contributed by atoms with van der Waals surface area (Å²) in [5, 5.41) is 9.64. The van der Waals surface area contributed by atoms with Crippen molar-refractivity contribution in [3.63, 3.8) is 0 Å². The molecule has 2 N–H and O–H groups in total. The van der Waals surface area contributed by atoms with E-state index in [1.807, 2.05) is 0 Å². The molecule has 0 fully saturated rings. The van der Waals surface area contributed by atoms with Crippen LogP contribution in [-0.4, -0.2) is 42.9 Å². The number of fused-ring (bicyclic) bond motifs is 1. The Morgan fingerprint density at radius 1 is 1.11 bits per heavy atom. The fourth-order valence-corrected chi connectivity index (χ4v) is 2.55. The van der Waals surface area contributed by atoms with Gasteiger partial charge < -0.3 is 19.5 Å². The molecule has 0 bridgehead atoms. The molecule has 0 atom stereocenters. The van der Waals surface area contributed by atoms with Crippen LogP contribution in [0.5, 0.6) is 11.5 Å². The quantitative estimate of drug-likeness (QED) is 0.622. The summed E-state index contributed by atoms with van der Waals surface area (Å²) in [4.78, 5) is 35.9. The second-order valence-electron chi connectivity index (χ2n) is 5.63. The van der Waals surface area contributed by atoms with Crippen LogP contribution in [-0.2, 0) is 9.53 Å². The number of hydrogen-bond donors (Lipinski definition) is 2.